The van der Waals surface area contributed by atoms with Gasteiger partial charge in [-0.25, -0.2) is 9.78 Å². The van der Waals surface area contributed by atoms with Crippen LogP contribution in [0.4, 0.5) is 0 Å². The Morgan fingerprint density at radius 3 is 2.82 bits per heavy atom. The van der Waals surface area contributed by atoms with Crippen LogP contribution in [-0.2, 0) is 13.6 Å². The maximum Gasteiger partial charge on any atom is 0.329 e. The van der Waals surface area contributed by atoms with Gasteiger partial charge in [-0.1, -0.05) is 6.42 Å². The summed E-state index contributed by atoms with van der Waals surface area (Å²) in [6, 6.07) is 0. The molecule has 3 aromatic rings. The van der Waals surface area contributed by atoms with Crippen molar-refractivity contribution < 1.29 is 0 Å². The van der Waals surface area contributed by atoms with Gasteiger partial charge in [0, 0.05) is 24.7 Å². The number of rotatable bonds is 2. The topological polar surface area (TPSA) is 75.4 Å². The van der Waals surface area contributed by atoms with Gasteiger partial charge >= 0.3 is 5.69 Å². The van der Waals surface area contributed by atoms with Crippen LogP contribution in [-0.4, -0.2) is 36.9 Å². The molecule has 116 valence electrons. The Kier molecular flexibility index (Phi) is 3.16. The lowest BCUT2D eigenvalue weighted by atomic mass is 10.1. The van der Waals surface area contributed by atoms with Gasteiger partial charge < -0.3 is 0 Å². The first-order chi connectivity index (χ1) is 10.6. The van der Waals surface area contributed by atoms with E-state index in [-0.39, 0.29) is 5.56 Å². The predicted octanol–water partition coefficient (Wildman–Crippen LogP) is 0.922. The highest BCUT2D eigenvalue weighted by atomic mass is 32.1. The van der Waals surface area contributed by atoms with Crippen molar-refractivity contribution in [3.05, 3.63) is 31.9 Å². The summed E-state index contributed by atoms with van der Waals surface area (Å²) in [5.41, 5.74) is 1.17. The average Bonchev–Trinajstić information content (AvgIpc) is 3.06. The third-order valence-corrected chi connectivity index (χ3v) is 5.18. The molecule has 4 rings (SSSR count). The Bertz CT molecular complexity index is 957. The molecule has 4 heterocycles. The van der Waals surface area contributed by atoms with E-state index in [9.17, 15) is 9.59 Å². The molecule has 0 aliphatic carbocycles. The molecule has 3 aromatic heterocycles. The zero-order valence-corrected chi connectivity index (χ0v) is 13.2. The van der Waals surface area contributed by atoms with E-state index in [0.29, 0.717) is 11.2 Å². The van der Waals surface area contributed by atoms with Crippen LogP contribution in [0, 0.1) is 0 Å². The predicted molar refractivity (Wildman–Crippen MR) is 85.6 cm³/mol. The van der Waals surface area contributed by atoms with Crippen molar-refractivity contribution in [2.24, 2.45) is 7.05 Å². The van der Waals surface area contributed by atoms with E-state index in [1.807, 2.05) is 4.40 Å². The summed E-state index contributed by atoms with van der Waals surface area (Å²) in [5.74, 6) is 0. The third kappa shape index (κ3) is 2.02. The maximum atomic E-state index is 12.2. The molecule has 1 N–H and O–H groups in total. The summed E-state index contributed by atoms with van der Waals surface area (Å²) in [6.45, 7) is 3.01. The van der Waals surface area contributed by atoms with Crippen LogP contribution in [0.2, 0.25) is 0 Å². The summed E-state index contributed by atoms with van der Waals surface area (Å²) in [4.78, 5) is 33.9. The van der Waals surface area contributed by atoms with Gasteiger partial charge in [0.05, 0.1) is 0 Å². The second kappa shape index (κ2) is 5.06. The van der Waals surface area contributed by atoms with Crippen LogP contribution in [0.1, 0.15) is 25.0 Å². The number of nitrogens with one attached hydrogen (secondary N) is 1. The maximum absolute atomic E-state index is 12.2. The van der Waals surface area contributed by atoms with E-state index in [4.69, 9.17) is 0 Å². The molecule has 8 heteroatoms. The van der Waals surface area contributed by atoms with Crippen molar-refractivity contribution in [2.45, 2.75) is 25.8 Å². The molecule has 0 aromatic carbocycles. The fraction of sp³-hybridized carbons (Fsp3) is 0.500. The number of likely N-dealkylation sites (tertiary alicyclic amines) is 1. The van der Waals surface area contributed by atoms with Gasteiger partial charge in [-0.15, -0.1) is 11.3 Å². The van der Waals surface area contributed by atoms with E-state index >= 15 is 0 Å². The largest absolute Gasteiger partial charge is 0.329 e. The molecule has 0 bridgehead atoms. The smallest absolute Gasteiger partial charge is 0.298 e. The summed E-state index contributed by atoms with van der Waals surface area (Å²) in [7, 11) is 1.63. The van der Waals surface area contributed by atoms with Gasteiger partial charge in [-0.2, -0.15) is 0 Å². The lowest BCUT2D eigenvalue weighted by molar-refractivity contribution is 0.218. The minimum absolute atomic E-state index is 0.371. The Labute approximate surface area is 129 Å². The second-order valence-corrected chi connectivity index (χ2v) is 6.62. The number of hydrogen-bond donors (Lipinski definition) is 1. The zero-order chi connectivity index (χ0) is 15.3. The Morgan fingerprint density at radius 2 is 2.05 bits per heavy atom. The SMILES string of the molecule is Cn1c(=O)[nH]c(=O)c2c1nc1scc(CN3CCCCC3)n12. The van der Waals surface area contributed by atoms with Gasteiger partial charge in [0.2, 0.25) is 0 Å². The number of aromatic amines is 1. The molecular formula is C14H17N5O2S. The molecule has 1 fully saturated rings. The van der Waals surface area contributed by atoms with Crippen LogP contribution < -0.4 is 11.2 Å². The number of fused-ring (bicyclic) bond motifs is 3. The zero-order valence-electron chi connectivity index (χ0n) is 12.3. The van der Waals surface area contributed by atoms with E-state index < -0.39 is 5.69 Å². The molecule has 0 saturated carbocycles. The van der Waals surface area contributed by atoms with E-state index in [0.717, 1.165) is 30.3 Å². The van der Waals surface area contributed by atoms with Crippen molar-refractivity contribution in [1.29, 1.82) is 0 Å². The molecular weight excluding hydrogens is 302 g/mol. The van der Waals surface area contributed by atoms with Gasteiger partial charge in [0.25, 0.3) is 5.56 Å². The molecule has 0 radical (unpaired) electrons. The minimum Gasteiger partial charge on any atom is -0.298 e. The molecule has 7 nitrogen and oxygen atoms in total. The van der Waals surface area contributed by atoms with E-state index in [2.05, 4.69) is 20.2 Å². The van der Waals surface area contributed by atoms with Gasteiger partial charge in [0.1, 0.15) is 0 Å². The molecule has 0 unspecified atom stereocenters. The van der Waals surface area contributed by atoms with Crippen molar-refractivity contribution in [3.8, 4) is 0 Å². The Hall–Kier alpha value is -1.93. The number of aryl methyl sites for hydroxylation is 1. The third-order valence-electron chi connectivity index (χ3n) is 4.31. The standard InChI is InChI=1S/C14H17N5O2S/c1-17-11-10(12(20)16-13(17)21)19-9(8-22-14(19)15-11)7-18-5-3-2-4-6-18/h8H,2-7H2,1H3,(H,16,20,21). The van der Waals surface area contributed by atoms with Crippen LogP contribution >= 0.6 is 11.3 Å². The molecule has 0 atom stereocenters. The van der Waals surface area contributed by atoms with Crippen LogP contribution in [0.3, 0.4) is 0 Å². The van der Waals surface area contributed by atoms with Gasteiger partial charge in [-0.3, -0.25) is 23.6 Å². The van der Waals surface area contributed by atoms with Crippen molar-refractivity contribution in [3.63, 3.8) is 0 Å². The number of imidazole rings is 1. The summed E-state index contributed by atoms with van der Waals surface area (Å²) in [5, 5.41) is 2.06. The molecule has 1 aliphatic rings. The number of piperidine rings is 1. The highest BCUT2D eigenvalue weighted by molar-refractivity contribution is 7.15. The number of H-pyrrole nitrogens is 1. The average molecular weight is 319 g/mol. The second-order valence-electron chi connectivity index (χ2n) is 5.78. The monoisotopic (exact) mass is 319 g/mol. The fourth-order valence-electron chi connectivity index (χ4n) is 3.14. The number of hydrogen-bond acceptors (Lipinski definition) is 5. The van der Waals surface area contributed by atoms with Crippen LogP contribution in [0.15, 0.2) is 15.0 Å². The van der Waals surface area contributed by atoms with Crippen molar-refractivity contribution >= 4 is 27.5 Å². The molecule has 0 spiro atoms. The Morgan fingerprint density at radius 1 is 1.27 bits per heavy atom. The van der Waals surface area contributed by atoms with E-state index in [1.165, 1.54) is 35.2 Å². The highest BCUT2D eigenvalue weighted by Gasteiger charge is 2.19. The van der Waals surface area contributed by atoms with Gasteiger partial charge in [-0.05, 0) is 25.9 Å². The number of thiazole rings is 1. The highest BCUT2D eigenvalue weighted by Crippen LogP contribution is 2.22. The van der Waals surface area contributed by atoms with Crippen molar-refractivity contribution in [2.75, 3.05) is 13.1 Å². The number of aromatic nitrogens is 4. The lowest BCUT2D eigenvalue weighted by Gasteiger charge is -2.25. The first kappa shape index (κ1) is 13.7. The molecule has 0 amide bonds. The summed E-state index contributed by atoms with van der Waals surface area (Å²) in [6.07, 6.45) is 3.76. The number of nitrogens with zero attached hydrogens (tertiary/aromatic N) is 4. The fourth-order valence-corrected chi connectivity index (χ4v) is 4.01. The summed E-state index contributed by atoms with van der Waals surface area (Å²) < 4.78 is 3.29. The first-order valence-corrected chi connectivity index (χ1v) is 8.33. The van der Waals surface area contributed by atoms with Crippen LogP contribution in [0.25, 0.3) is 16.1 Å². The Balaban J connectivity index is 1.90. The quantitative estimate of drug-likeness (QED) is 0.762. The molecule has 1 saturated heterocycles. The molecule has 1 aliphatic heterocycles. The first-order valence-electron chi connectivity index (χ1n) is 7.45. The van der Waals surface area contributed by atoms with E-state index in [1.54, 1.807) is 7.05 Å². The lowest BCUT2D eigenvalue weighted by Crippen LogP contribution is -2.30. The summed E-state index contributed by atoms with van der Waals surface area (Å²) >= 11 is 1.51. The normalized spacial score (nSPS) is 16.8. The van der Waals surface area contributed by atoms with Gasteiger partial charge in [0.15, 0.2) is 16.1 Å². The molecule has 22 heavy (non-hydrogen) atoms. The van der Waals surface area contributed by atoms with Crippen LogP contribution in [0.5, 0.6) is 0 Å². The minimum atomic E-state index is -0.430. The van der Waals surface area contributed by atoms with Crippen molar-refractivity contribution in [1.82, 2.24) is 23.8 Å².